The van der Waals surface area contributed by atoms with Crippen molar-refractivity contribution in [1.82, 2.24) is 5.32 Å². The Kier molecular flexibility index (Phi) is 4.89. The van der Waals surface area contributed by atoms with Gasteiger partial charge in [-0.15, -0.1) is 11.3 Å². The number of aryl methyl sites for hydroxylation is 1. The van der Waals surface area contributed by atoms with Crippen molar-refractivity contribution in [2.75, 3.05) is 0 Å². The smallest absolute Gasteiger partial charge is 0.261 e. The Bertz CT molecular complexity index is 530. The van der Waals surface area contributed by atoms with E-state index in [1.165, 1.54) is 6.07 Å². The topological polar surface area (TPSA) is 89.3 Å². The van der Waals surface area contributed by atoms with E-state index in [1.54, 1.807) is 6.92 Å². The van der Waals surface area contributed by atoms with Crippen molar-refractivity contribution in [3.8, 4) is 0 Å². The Hall–Kier alpha value is -0.920. The lowest BCUT2D eigenvalue weighted by Crippen LogP contribution is -2.33. The number of sulfonamides is 1. The van der Waals surface area contributed by atoms with Crippen molar-refractivity contribution >= 4 is 27.3 Å². The van der Waals surface area contributed by atoms with Crippen LogP contribution in [0.1, 0.15) is 41.2 Å². The van der Waals surface area contributed by atoms with Crippen molar-refractivity contribution < 1.29 is 13.2 Å². The Morgan fingerprint density at radius 2 is 2.00 bits per heavy atom. The monoisotopic (exact) mass is 290 g/mol. The summed E-state index contributed by atoms with van der Waals surface area (Å²) < 4.78 is 22.6. The Morgan fingerprint density at radius 3 is 2.39 bits per heavy atom. The van der Waals surface area contributed by atoms with Gasteiger partial charge in [0, 0.05) is 10.9 Å². The number of rotatable bonds is 5. The Morgan fingerprint density at radius 1 is 1.44 bits per heavy atom. The minimum absolute atomic E-state index is 0.0298. The number of primary sulfonamides is 1. The van der Waals surface area contributed by atoms with Gasteiger partial charge in [-0.3, -0.25) is 4.79 Å². The average molecular weight is 290 g/mol. The molecule has 0 aliphatic heterocycles. The number of nitrogens with two attached hydrogens (primary N) is 1. The van der Waals surface area contributed by atoms with Crippen LogP contribution in [-0.4, -0.2) is 20.4 Å². The summed E-state index contributed by atoms with van der Waals surface area (Å²) in [5.74, 6) is -0.244. The Balaban J connectivity index is 2.95. The van der Waals surface area contributed by atoms with Gasteiger partial charge in [-0.25, -0.2) is 13.6 Å². The van der Waals surface area contributed by atoms with Gasteiger partial charge in [-0.1, -0.05) is 13.8 Å². The molecular formula is C11H18N2O3S2. The highest BCUT2D eigenvalue weighted by molar-refractivity contribution is 7.89. The van der Waals surface area contributed by atoms with Gasteiger partial charge in [0.2, 0.25) is 10.0 Å². The quantitative estimate of drug-likeness (QED) is 0.863. The molecule has 0 radical (unpaired) electrons. The molecule has 0 saturated heterocycles. The van der Waals surface area contributed by atoms with Gasteiger partial charge in [-0.2, -0.15) is 0 Å². The maximum atomic E-state index is 11.9. The van der Waals surface area contributed by atoms with Crippen LogP contribution >= 0.6 is 11.3 Å². The highest BCUT2D eigenvalue weighted by atomic mass is 32.2. The molecule has 0 aliphatic rings. The summed E-state index contributed by atoms with van der Waals surface area (Å²) in [4.78, 5) is 12.9. The first-order valence-electron chi connectivity index (χ1n) is 5.73. The molecule has 0 aromatic carbocycles. The minimum Gasteiger partial charge on any atom is -0.349 e. The number of thiophene rings is 1. The number of carbonyl (C=O) groups is 1. The summed E-state index contributed by atoms with van der Waals surface area (Å²) in [6, 6.07) is 1.45. The zero-order chi connectivity index (χ0) is 13.9. The van der Waals surface area contributed by atoms with Crippen LogP contribution < -0.4 is 10.5 Å². The fraction of sp³-hybridized carbons (Fsp3) is 0.545. The third-order valence-corrected chi connectivity index (χ3v) is 4.94. The van der Waals surface area contributed by atoms with Crippen molar-refractivity contribution in [3.63, 3.8) is 0 Å². The van der Waals surface area contributed by atoms with Gasteiger partial charge in [0.15, 0.2) is 0 Å². The number of hydrogen-bond acceptors (Lipinski definition) is 4. The molecule has 1 heterocycles. The maximum absolute atomic E-state index is 11.9. The molecule has 18 heavy (non-hydrogen) atoms. The molecule has 1 aromatic heterocycles. The molecule has 0 saturated carbocycles. The lowest BCUT2D eigenvalue weighted by atomic mass is 10.2. The highest BCUT2D eigenvalue weighted by Crippen LogP contribution is 2.24. The van der Waals surface area contributed by atoms with E-state index < -0.39 is 10.0 Å². The minimum atomic E-state index is -3.76. The van der Waals surface area contributed by atoms with E-state index in [9.17, 15) is 13.2 Å². The molecule has 102 valence electrons. The van der Waals surface area contributed by atoms with E-state index in [0.29, 0.717) is 9.75 Å². The molecule has 1 aromatic rings. The molecule has 1 rings (SSSR count). The second kappa shape index (κ2) is 5.81. The van der Waals surface area contributed by atoms with Crippen molar-refractivity contribution in [3.05, 3.63) is 15.8 Å². The van der Waals surface area contributed by atoms with Crippen LogP contribution in [0.15, 0.2) is 11.0 Å². The average Bonchev–Trinajstić information content (AvgIpc) is 2.67. The molecule has 0 aliphatic carbocycles. The molecule has 1 amide bonds. The highest BCUT2D eigenvalue weighted by Gasteiger charge is 2.20. The molecule has 0 unspecified atom stereocenters. The summed E-state index contributed by atoms with van der Waals surface area (Å²) in [6.07, 6.45) is 1.68. The van der Waals surface area contributed by atoms with Crippen LogP contribution in [0.2, 0.25) is 0 Å². The molecule has 0 fully saturated rings. The summed E-state index contributed by atoms with van der Waals surface area (Å²) in [7, 11) is -3.76. The molecule has 0 spiro atoms. The molecule has 7 heteroatoms. The first-order chi connectivity index (χ1) is 8.29. The van der Waals surface area contributed by atoms with Crippen molar-refractivity contribution in [2.24, 2.45) is 5.14 Å². The first-order valence-corrected chi connectivity index (χ1v) is 8.10. The van der Waals surface area contributed by atoms with Gasteiger partial charge in [0.05, 0.1) is 9.77 Å². The fourth-order valence-electron chi connectivity index (χ4n) is 1.61. The van der Waals surface area contributed by atoms with E-state index in [4.69, 9.17) is 5.14 Å². The van der Waals surface area contributed by atoms with Crippen LogP contribution in [0.25, 0.3) is 0 Å². The van der Waals surface area contributed by atoms with E-state index in [2.05, 4.69) is 5.32 Å². The number of carbonyl (C=O) groups excluding carboxylic acids is 1. The third-order valence-electron chi connectivity index (χ3n) is 2.72. The molecule has 0 atom stereocenters. The van der Waals surface area contributed by atoms with E-state index in [-0.39, 0.29) is 16.8 Å². The third kappa shape index (κ3) is 3.54. The summed E-state index contributed by atoms with van der Waals surface area (Å²) >= 11 is 1.14. The second-order valence-electron chi connectivity index (χ2n) is 4.06. The van der Waals surface area contributed by atoms with Crippen LogP contribution in [0.5, 0.6) is 0 Å². The molecule has 3 N–H and O–H groups in total. The van der Waals surface area contributed by atoms with Gasteiger partial charge in [-0.05, 0) is 25.8 Å². The first kappa shape index (κ1) is 15.1. The fourth-order valence-corrected chi connectivity index (χ4v) is 3.66. The zero-order valence-electron chi connectivity index (χ0n) is 10.7. The number of nitrogens with one attached hydrogen (secondary N) is 1. The summed E-state index contributed by atoms with van der Waals surface area (Å²) in [5, 5.41) is 7.93. The SMILES string of the molecule is CCC(CC)NC(=O)c1cc(S(N)(=O)=O)c(C)s1. The number of hydrogen-bond donors (Lipinski definition) is 2. The van der Waals surface area contributed by atoms with Crippen LogP contribution in [-0.2, 0) is 10.0 Å². The summed E-state index contributed by atoms with van der Waals surface area (Å²) in [6.45, 7) is 5.62. The lowest BCUT2D eigenvalue weighted by molar-refractivity contribution is 0.0939. The van der Waals surface area contributed by atoms with Crippen LogP contribution in [0, 0.1) is 6.92 Å². The van der Waals surface area contributed by atoms with Gasteiger partial charge in [0.1, 0.15) is 0 Å². The van der Waals surface area contributed by atoms with Crippen LogP contribution in [0.3, 0.4) is 0 Å². The predicted octanol–water partition coefficient (Wildman–Crippen LogP) is 1.62. The van der Waals surface area contributed by atoms with Crippen molar-refractivity contribution in [2.45, 2.75) is 44.6 Å². The predicted molar refractivity (Wildman–Crippen MR) is 72.3 cm³/mol. The Labute approximate surface area is 111 Å². The van der Waals surface area contributed by atoms with Gasteiger partial charge >= 0.3 is 0 Å². The molecular weight excluding hydrogens is 272 g/mol. The molecule has 0 bridgehead atoms. The largest absolute Gasteiger partial charge is 0.349 e. The number of amides is 1. The van der Waals surface area contributed by atoms with Crippen LogP contribution in [0.4, 0.5) is 0 Å². The zero-order valence-corrected chi connectivity index (χ0v) is 12.3. The van der Waals surface area contributed by atoms with Gasteiger partial charge in [0.25, 0.3) is 5.91 Å². The standard InChI is InChI=1S/C11H18N2O3S2/c1-4-8(5-2)13-11(14)9-6-10(7(3)17-9)18(12,15)16/h6,8H,4-5H2,1-3H3,(H,13,14)(H2,12,15,16). The van der Waals surface area contributed by atoms with Crippen molar-refractivity contribution in [1.29, 1.82) is 0 Å². The van der Waals surface area contributed by atoms with Gasteiger partial charge < -0.3 is 5.32 Å². The second-order valence-corrected chi connectivity index (χ2v) is 6.85. The molecule has 5 nitrogen and oxygen atoms in total. The lowest BCUT2D eigenvalue weighted by Gasteiger charge is -2.13. The van der Waals surface area contributed by atoms with E-state index in [0.717, 1.165) is 24.2 Å². The van der Waals surface area contributed by atoms with E-state index in [1.807, 2.05) is 13.8 Å². The maximum Gasteiger partial charge on any atom is 0.261 e. The summed E-state index contributed by atoms with van der Waals surface area (Å²) in [5.41, 5.74) is 0. The normalized spacial score (nSPS) is 11.8. The van der Waals surface area contributed by atoms with E-state index >= 15 is 0 Å².